The lowest BCUT2D eigenvalue weighted by Crippen LogP contribution is -2.37. The lowest BCUT2D eigenvalue weighted by molar-refractivity contribution is -0.121. The molecule has 4 rings (SSSR count). The zero-order valence-electron chi connectivity index (χ0n) is 15.5. The second-order valence-electron chi connectivity index (χ2n) is 7.10. The third-order valence-corrected chi connectivity index (χ3v) is 5.81. The Bertz CT molecular complexity index is 926. The number of hydrogen-bond donors (Lipinski definition) is 1. The van der Waals surface area contributed by atoms with Gasteiger partial charge in [0.15, 0.2) is 0 Å². The molecule has 0 radical (unpaired) electrons. The predicted octanol–water partition coefficient (Wildman–Crippen LogP) is 3.88. The number of hydrogen-bond acceptors (Lipinski definition) is 4. The molecule has 1 atom stereocenters. The van der Waals surface area contributed by atoms with E-state index >= 15 is 0 Å². The van der Waals surface area contributed by atoms with Crippen molar-refractivity contribution < 1.29 is 9.18 Å². The van der Waals surface area contributed by atoms with Gasteiger partial charge in [0.1, 0.15) is 10.8 Å². The van der Waals surface area contributed by atoms with E-state index in [-0.39, 0.29) is 24.2 Å². The number of carbonyl (C=O) groups is 1. The molecule has 2 aromatic carbocycles. The molecule has 1 aliphatic heterocycles. The molecule has 3 aromatic rings. The van der Waals surface area contributed by atoms with Gasteiger partial charge in [-0.3, -0.25) is 9.69 Å². The highest BCUT2D eigenvalue weighted by Crippen LogP contribution is 2.24. The molecule has 0 aliphatic carbocycles. The third-order valence-electron chi connectivity index (χ3n) is 4.87. The monoisotopic (exact) mass is 395 g/mol. The van der Waals surface area contributed by atoms with Crippen LogP contribution in [0, 0.1) is 5.82 Å². The predicted molar refractivity (Wildman–Crippen MR) is 109 cm³/mol. The highest BCUT2D eigenvalue weighted by atomic mass is 32.1. The summed E-state index contributed by atoms with van der Waals surface area (Å²) in [6.45, 7) is 2.78. The molecule has 144 valence electrons. The zero-order chi connectivity index (χ0) is 19.3. The van der Waals surface area contributed by atoms with E-state index < -0.39 is 0 Å². The van der Waals surface area contributed by atoms with Crippen LogP contribution in [0.4, 0.5) is 4.39 Å². The summed E-state index contributed by atoms with van der Waals surface area (Å²) in [5.41, 5.74) is 2.91. The van der Waals surface area contributed by atoms with Crippen LogP contribution in [0.5, 0.6) is 0 Å². The molecule has 1 aromatic heterocycles. The van der Waals surface area contributed by atoms with Gasteiger partial charge in [-0.25, -0.2) is 9.37 Å². The molecule has 6 heteroatoms. The van der Waals surface area contributed by atoms with Crippen molar-refractivity contribution in [2.45, 2.75) is 25.4 Å². The molecule has 28 heavy (non-hydrogen) atoms. The quantitative estimate of drug-likeness (QED) is 0.689. The summed E-state index contributed by atoms with van der Waals surface area (Å²) in [7, 11) is 0. The fourth-order valence-corrected chi connectivity index (χ4v) is 4.32. The maximum atomic E-state index is 13.0. The molecule has 1 amide bonds. The van der Waals surface area contributed by atoms with Crippen LogP contribution >= 0.6 is 11.3 Å². The number of halogens is 1. The first-order valence-corrected chi connectivity index (χ1v) is 10.3. The number of rotatable bonds is 6. The average Bonchev–Trinajstić information content (AvgIpc) is 3.33. The maximum absolute atomic E-state index is 13.0. The minimum absolute atomic E-state index is 0.00233. The number of amides is 1. The summed E-state index contributed by atoms with van der Waals surface area (Å²) in [6.07, 6.45) is 1.24. The molecule has 2 heterocycles. The van der Waals surface area contributed by atoms with Crippen molar-refractivity contribution in [2.75, 3.05) is 13.1 Å². The van der Waals surface area contributed by atoms with Crippen LogP contribution in [-0.2, 0) is 17.8 Å². The second kappa shape index (κ2) is 8.63. The first-order valence-electron chi connectivity index (χ1n) is 9.42. The summed E-state index contributed by atoms with van der Waals surface area (Å²) in [4.78, 5) is 19.3. The lowest BCUT2D eigenvalue weighted by atomic mass is 10.2. The number of nitrogens with one attached hydrogen (secondary N) is 1. The van der Waals surface area contributed by atoms with Crippen molar-refractivity contribution >= 4 is 17.2 Å². The molecule has 0 unspecified atom stereocenters. The Labute approximate surface area is 168 Å². The smallest absolute Gasteiger partial charge is 0.226 e. The Balaban J connectivity index is 1.27. The minimum Gasteiger partial charge on any atom is -0.352 e. The summed E-state index contributed by atoms with van der Waals surface area (Å²) < 4.78 is 13.0. The molecule has 0 bridgehead atoms. The fraction of sp³-hybridized carbons (Fsp3) is 0.273. The van der Waals surface area contributed by atoms with E-state index in [9.17, 15) is 9.18 Å². The van der Waals surface area contributed by atoms with E-state index in [0.29, 0.717) is 0 Å². The van der Waals surface area contributed by atoms with Crippen LogP contribution in [0.15, 0.2) is 60.0 Å². The summed E-state index contributed by atoms with van der Waals surface area (Å²) in [5.74, 6) is -0.264. The lowest BCUT2D eigenvalue weighted by Gasteiger charge is -2.16. The Morgan fingerprint density at radius 3 is 2.75 bits per heavy atom. The minimum atomic E-state index is -0.266. The van der Waals surface area contributed by atoms with Gasteiger partial charge in [-0.05, 0) is 36.2 Å². The van der Waals surface area contributed by atoms with Gasteiger partial charge in [0.2, 0.25) is 5.91 Å². The van der Waals surface area contributed by atoms with Crippen LogP contribution < -0.4 is 5.32 Å². The summed E-state index contributed by atoms with van der Waals surface area (Å²) in [5, 5.41) is 5.83. The number of carbonyl (C=O) groups excluding carboxylic acids is 1. The van der Waals surface area contributed by atoms with E-state index in [2.05, 4.69) is 39.5 Å². The van der Waals surface area contributed by atoms with E-state index in [1.807, 2.05) is 11.4 Å². The van der Waals surface area contributed by atoms with Crippen LogP contribution in [-0.4, -0.2) is 34.9 Å². The topological polar surface area (TPSA) is 45.2 Å². The molecular weight excluding hydrogens is 373 g/mol. The molecule has 1 N–H and O–H groups in total. The molecule has 0 saturated carbocycles. The molecule has 1 aliphatic rings. The van der Waals surface area contributed by atoms with Gasteiger partial charge in [-0.15, -0.1) is 11.3 Å². The highest BCUT2D eigenvalue weighted by molar-refractivity contribution is 7.13. The number of benzene rings is 2. The molecule has 0 spiro atoms. The van der Waals surface area contributed by atoms with Crippen molar-refractivity contribution in [1.29, 1.82) is 0 Å². The second-order valence-corrected chi connectivity index (χ2v) is 7.96. The van der Waals surface area contributed by atoms with Gasteiger partial charge in [0.05, 0.1) is 12.1 Å². The Morgan fingerprint density at radius 2 is 1.96 bits per heavy atom. The third kappa shape index (κ3) is 4.82. The molecular formula is C22H22FN3OS. The normalized spacial score (nSPS) is 17.0. The number of nitrogens with zero attached hydrogens (tertiary/aromatic N) is 2. The summed E-state index contributed by atoms with van der Waals surface area (Å²) >= 11 is 1.47. The van der Waals surface area contributed by atoms with Gasteiger partial charge >= 0.3 is 0 Å². The van der Waals surface area contributed by atoms with Crippen LogP contribution in [0.25, 0.3) is 10.6 Å². The zero-order valence-corrected chi connectivity index (χ0v) is 16.3. The SMILES string of the molecule is O=C(Cc1csc(-c2ccc(F)cc2)n1)N[C@@H]1CCN(Cc2ccccc2)C1. The Kier molecular flexibility index (Phi) is 5.78. The van der Waals surface area contributed by atoms with E-state index in [1.165, 1.54) is 29.0 Å². The van der Waals surface area contributed by atoms with Crippen LogP contribution in [0.2, 0.25) is 0 Å². The molecule has 4 nitrogen and oxygen atoms in total. The van der Waals surface area contributed by atoms with Crippen molar-refractivity contribution in [3.05, 3.63) is 77.1 Å². The first-order chi connectivity index (χ1) is 13.7. The number of likely N-dealkylation sites (tertiary alicyclic amines) is 1. The first kappa shape index (κ1) is 18.8. The van der Waals surface area contributed by atoms with Crippen molar-refractivity contribution in [3.63, 3.8) is 0 Å². The highest BCUT2D eigenvalue weighted by Gasteiger charge is 2.24. The maximum Gasteiger partial charge on any atom is 0.226 e. The van der Waals surface area contributed by atoms with Crippen molar-refractivity contribution in [1.82, 2.24) is 15.2 Å². The number of thiazole rings is 1. The van der Waals surface area contributed by atoms with Crippen molar-refractivity contribution in [2.24, 2.45) is 0 Å². The fourth-order valence-electron chi connectivity index (χ4n) is 3.49. The Morgan fingerprint density at radius 1 is 1.18 bits per heavy atom. The largest absolute Gasteiger partial charge is 0.352 e. The van der Waals surface area contributed by atoms with E-state index in [0.717, 1.165) is 42.3 Å². The number of aromatic nitrogens is 1. The van der Waals surface area contributed by atoms with Gasteiger partial charge < -0.3 is 5.32 Å². The Hall–Kier alpha value is -2.57. The van der Waals surface area contributed by atoms with Gasteiger partial charge in [-0.2, -0.15) is 0 Å². The van der Waals surface area contributed by atoms with E-state index in [4.69, 9.17) is 0 Å². The molecule has 1 fully saturated rings. The van der Waals surface area contributed by atoms with Gasteiger partial charge in [-0.1, -0.05) is 30.3 Å². The standard InChI is InChI=1S/C22H22FN3OS/c23-18-8-6-17(7-9-18)22-25-20(15-28-22)12-21(27)24-19-10-11-26(14-19)13-16-4-2-1-3-5-16/h1-9,15,19H,10-14H2,(H,24,27)/t19-/m1/s1. The van der Waals surface area contributed by atoms with Crippen LogP contribution in [0.1, 0.15) is 17.7 Å². The van der Waals surface area contributed by atoms with Crippen molar-refractivity contribution in [3.8, 4) is 10.6 Å². The van der Waals surface area contributed by atoms with Gasteiger partial charge in [0.25, 0.3) is 0 Å². The summed E-state index contributed by atoms with van der Waals surface area (Å²) in [6, 6.07) is 16.8. The van der Waals surface area contributed by atoms with Crippen LogP contribution in [0.3, 0.4) is 0 Å². The van der Waals surface area contributed by atoms with Gasteiger partial charge in [0, 0.05) is 36.6 Å². The average molecular weight is 396 g/mol. The van der Waals surface area contributed by atoms with E-state index in [1.54, 1.807) is 12.1 Å². The molecule has 1 saturated heterocycles.